The molecule has 0 unspecified atom stereocenters. The summed E-state index contributed by atoms with van der Waals surface area (Å²) in [5.74, 6) is 1.80. The van der Waals surface area contributed by atoms with Crippen molar-refractivity contribution in [2.24, 2.45) is 0 Å². The maximum absolute atomic E-state index is 6.28. The normalized spacial score (nSPS) is 12.1. The summed E-state index contributed by atoms with van der Waals surface area (Å²) in [6, 6.07) is 10.8. The fraction of sp³-hybridized carbons (Fsp3) is 0.111. The zero-order chi connectivity index (χ0) is 19.7. The number of anilines is 2. The van der Waals surface area contributed by atoms with Crippen molar-refractivity contribution in [3.05, 3.63) is 63.2 Å². The van der Waals surface area contributed by atoms with Crippen LogP contribution >= 0.6 is 47.0 Å². The fourth-order valence-corrected chi connectivity index (χ4v) is 3.51. The highest BCUT2D eigenvalue weighted by Crippen LogP contribution is 2.34. The van der Waals surface area contributed by atoms with Gasteiger partial charge in [-0.05, 0) is 42.0 Å². The Hall–Kier alpha value is -2.19. The van der Waals surface area contributed by atoms with Crippen molar-refractivity contribution in [2.75, 3.05) is 17.4 Å². The van der Waals surface area contributed by atoms with Crippen LogP contribution in [0.5, 0.6) is 11.5 Å². The molecule has 28 heavy (non-hydrogen) atoms. The van der Waals surface area contributed by atoms with Gasteiger partial charge < -0.3 is 20.1 Å². The predicted molar refractivity (Wildman–Crippen MR) is 115 cm³/mol. The van der Waals surface area contributed by atoms with Crippen LogP contribution in [0.15, 0.2) is 42.6 Å². The first-order valence-electron chi connectivity index (χ1n) is 8.12. The first kappa shape index (κ1) is 19.1. The molecule has 0 aliphatic carbocycles. The zero-order valence-corrected chi connectivity index (χ0v) is 17.3. The monoisotopic (exact) mass is 454 g/mol. The summed E-state index contributed by atoms with van der Waals surface area (Å²) in [7, 11) is 0. The van der Waals surface area contributed by atoms with E-state index in [1.165, 1.54) is 0 Å². The van der Waals surface area contributed by atoms with E-state index in [0.717, 1.165) is 11.3 Å². The van der Waals surface area contributed by atoms with E-state index in [2.05, 4.69) is 15.7 Å². The van der Waals surface area contributed by atoms with Gasteiger partial charge in [-0.2, -0.15) is 5.10 Å². The van der Waals surface area contributed by atoms with Crippen molar-refractivity contribution in [3.8, 4) is 11.5 Å². The third kappa shape index (κ3) is 4.28. The molecule has 0 spiro atoms. The van der Waals surface area contributed by atoms with E-state index in [1.807, 2.05) is 18.2 Å². The maximum atomic E-state index is 6.28. The van der Waals surface area contributed by atoms with Gasteiger partial charge in [0, 0.05) is 28.0 Å². The molecule has 0 radical (unpaired) electrons. The number of nitrogens with zero attached hydrogens (tertiary/aromatic N) is 2. The first-order valence-corrected chi connectivity index (χ1v) is 9.67. The van der Waals surface area contributed by atoms with Crippen LogP contribution in [0, 0.1) is 0 Å². The zero-order valence-electron chi connectivity index (χ0n) is 14.2. The van der Waals surface area contributed by atoms with E-state index in [0.29, 0.717) is 44.0 Å². The minimum atomic E-state index is 0.214. The second-order valence-corrected chi connectivity index (χ2v) is 7.57. The van der Waals surface area contributed by atoms with Crippen molar-refractivity contribution in [1.29, 1.82) is 0 Å². The van der Waals surface area contributed by atoms with Gasteiger partial charge in [0.15, 0.2) is 22.4 Å². The quantitative estimate of drug-likeness (QED) is 0.512. The van der Waals surface area contributed by atoms with Gasteiger partial charge in [-0.15, -0.1) is 0 Å². The Bertz CT molecular complexity index is 1060. The second-order valence-electron chi connectivity index (χ2n) is 5.91. The van der Waals surface area contributed by atoms with Crippen molar-refractivity contribution >= 4 is 63.6 Å². The topological polar surface area (TPSA) is 60.3 Å². The first-order chi connectivity index (χ1) is 13.5. The number of fused-ring (bicyclic) bond motifs is 1. The van der Waals surface area contributed by atoms with Crippen LogP contribution in [0.4, 0.5) is 11.5 Å². The molecule has 0 atom stereocenters. The van der Waals surface area contributed by atoms with Crippen molar-refractivity contribution in [1.82, 2.24) is 9.78 Å². The van der Waals surface area contributed by atoms with Gasteiger partial charge in [0.05, 0.1) is 6.54 Å². The molecule has 0 fully saturated rings. The number of halogens is 3. The molecule has 2 N–H and O–H groups in total. The maximum Gasteiger partial charge on any atom is 0.231 e. The average Bonchev–Trinajstić information content (AvgIpc) is 3.23. The summed E-state index contributed by atoms with van der Waals surface area (Å²) in [4.78, 5) is 0. The Labute approximate surface area is 181 Å². The number of aromatic nitrogens is 2. The van der Waals surface area contributed by atoms with Crippen LogP contribution in [0.1, 0.15) is 5.56 Å². The summed E-state index contributed by atoms with van der Waals surface area (Å²) in [6.45, 7) is 0.659. The Morgan fingerprint density at radius 3 is 2.68 bits per heavy atom. The number of ether oxygens (including phenoxy) is 2. The molecule has 0 saturated carbocycles. The molecule has 1 aliphatic rings. The predicted octanol–water partition coefficient (Wildman–Crippen LogP) is 5.43. The van der Waals surface area contributed by atoms with Gasteiger partial charge in [0.1, 0.15) is 5.02 Å². The molecule has 3 aromatic rings. The molecule has 1 aromatic heterocycles. The molecule has 2 heterocycles. The number of hydrogen-bond acceptors (Lipinski definition) is 4. The van der Waals surface area contributed by atoms with Gasteiger partial charge >= 0.3 is 0 Å². The molecular formula is C18H13Cl3N4O2S. The lowest BCUT2D eigenvalue weighted by molar-refractivity contribution is 0.174. The largest absolute Gasteiger partial charge is 0.454 e. The molecule has 2 aromatic carbocycles. The van der Waals surface area contributed by atoms with Gasteiger partial charge in [-0.1, -0.05) is 40.9 Å². The standard InChI is InChI=1S/C18H13Cl3N4O2S/c19-11-2-1-10(13(20)5-11)7-25-8-14(21)17(24-25)23-18(28)22-12-3-4-15-16(6-12)27-9-26-15/h1-6,8H,7,9H2,(H2,22,23,24,28). The fourth-order valence-electron chi connectivity index (χ4n) is 2.63. The van der Waals surface area contributed by atoms with E-state index in [-0.39, 0.29) is 6.79 Å². The lowest BCUT2D eigenvalue weighted by atomic mass is 10.2. The van der Waals surface area contributed by atoms with Gasteiger partial charge in [-0.3, -0.25) is 4.68 Å². The summed E-state index contributed by atoms with van der Waals surface area (Å²) < 4.78 is 12.3. The van der Waals surface area contributed by atoms with E-state index >= 15 is 0 Å². The average molecular weight is 456 g/mol. The number of rotatable bonds is 4. The van der Waals surface area contributed by atoms with Gasteiger partial charge in [0.2, 0.25) is 6.79 Å². The minimum Gasteiger partial charge on any atom is -0.454 e. The summed E-state index contributed by atoms with van der Waals surface area (Å²) in [5.41, 5.74) is 1.63. The van der Waals surface area contributed by atoms with Crippen LogP contribution in [0.25, 0.3) is 0 Å². The molecule has 10 heteroatoms. The van der Waals surface area contributed by atoms with E-state index in [1.54, 1.807) is 29.1 Å². The summed E-state index contributed by atoms with van der Waals surface area (Å²) >= 11 is 23.8. The molecule has 0 amide bonds. The third-order valence-electron chi connectivity index (χ3n) is 3.93. The van der Waals surface area contributed by atoms with Crippen molar-refractivity contribution in [3.63, 3.8) is 0 Å². The van der Waals surface area contributed by atoms with Gasteiger partial charge in [-0.25, -0.2) is 0 Å². The second kappa shape index (κ2) is 8.05. The Morgan fingerprint density at radius 1 is 1.04 bits per heavy atom. The van der Waals surface area contributed by atoms with Crippen LogP contribution in [-0.2, 0) is 6.54 Å². The van der Waals surface area contributed by atoms with Crippen LogP contribution < -0.4 is 20.1 Å². The summed E-state index contributed by atoms with van der Waals surface area (Å²) in [5, 5.41) is 12.4. The van der Waals surface area contributed by atoms with E-state index in [4.69, 9.17) is 56.5 Å². The molecule has 6 nitrogen and oxygen atoms in total. The highest BCUT2D eigenvalue weighted by atomic mass is 35.5. The Morgan fingerprint density at radius 2 is 1.86 bits per heavy atom. The minimum absolute atomic E-state index is 0.214. The smallest absolute Gasteiger partial charge is 0.231 e. The van der Waals surface area contributed by atoms with Crippen LogP contribution in [0.3, 0.4) is 0 Å². The number of hydrogen-bond donors (Lipinski definition) is 2. The van der Waals surface area contributed by atoms with Crippen molar-refractivity contribution in [2.45, 2.75) is 6.54 Å². The summed E-state index contributed by atoms with van der Waals surface area (Å²) in [6.07, 6.45) is 1.69. The third-order valence-corrected chi connectivity index (χ3v) is 4.99. The van der Waals surface area contributed by atoms with Gasteiger partial charge in [0.25, 0.3) is 0 Å². The van der Waals surface area contributed by atoms with E-state index in [9.17, 15) is 0 Å². The molecule has 4 rings (SSSR count). The highest BCUT2D eigenvalue weighted by molar-refractivity contribution is 7.80. The number of benzene rings is 2. The molecule has 0 bridgehead atoms. The lowest BCUT2D eigenvalue weighted by Crippen LogP contribution is -2.19. The molecule has 1 aliphatic heterocycles. The Kier molecular flexibility index (Phi) is 5.50. The molecule has 144 valence electrons. The number of thiocarbonyl (C=S) groups is 1. The number of nitrogens with one attached hydrogen (secondary N) is 2. The molecule has 0 saturated heterocycles. The van der Waals surface area contributed by atoms with Crippen LogP contribution in [0.2, 0.25) is 15.1 Å². The van der Waals surface area contributed by atoms with Crippen molar-refractivity contribution < 1.29 is 9.47 Å². The van der Waals surface area contributed by atoms with E-state index < -0.39 is 0 Å². The molecular weight excluding hydrogens is 443 g/mol. The lowest BCUT2D eigenvalue weighted by Gasteiger charge is -2.09. The van der Waals surface area contributed by atoms with Crippen LogP contribution in [-0.4, -0.2) is 21.7 Å². The highest BCUT2D eigenvalue weighted by Gasteiger charge is 2.14. The Balaban J connectivity index is 1.42. The SMILES string of the molecule is S=C(Nc1ccc2c(c1)OCO2)Nc1nn(Cc2ccc(Cl)cc2Cl)cc1Cl.